The van der Waals surface area contributed by atoms with Crippen LogP contribution in [0.2, 0.25) is 0 Å². The Morgan fingerprint density at radius 3 is 2.10 bits per heavy atom. The maximum Gasteiger partial charge on any atom is 0.251 e. The number of nitrogens with zero attached hydrogens (tertiary/aromatic N) is 5. The molecule has 1 saturated carbocycles. The largest absolute Gasteiger partial charge is 0.355 e. The Hall–Kier alpha value is -4.63. The van der Waals surface area contributed by atoms with Crippen molar-refractivity contribution in [2.45, 2.75) is 36.8 Å². The molecule has 5 rings (SSSR count). The summed E-state index contributed by atoms with van der Waals surface area (Å²) in [6.07, 6.45) is 2.17. The van der Waals surface area contributed by atoms with E-state index in [9.17, 15) is 19.6 Å². The smallest absolute Gasteiger partial charge is 0.251 e. The summed E-state index contributed by atoms with van der Waals surface area (Å²) in [6, 6.07) is 16.5. The van der Waals surface area contributed by atoms with Crippen LogP contribution in [0.3, 0.4) is 0 Å². The van der Waals surface area contributed by atoms with Crippen LogP contribution in [0.5, 0.6) is 0 Å². The summed E-state index contributed by atoms with van der Waals surface area (Å²) < 4.78 is 0. The number of piperidine rings is 1. The molecule has 40 heavy (non-hydrogen) atoms. The molecule has 2 aromatic carbocycles. The van der Waals surface area contributed by atoms with Gasteiger partial charge in [0.1, 0.15) is 6.04 Å². The Morgan fingerprint density at radius 2 is 1.60 bits per heavy atom. The zero-order valence-electron chi connectivity index (χ0n) is 22.3. The molecule has 0 radical (unpaired) electrons. The third kappa shape index (κ3) is 4.91. The Kier molecular flexibility index (Phi) is 7.57. The van der Waals surface area contributed by atoms with Crippen molar-refractivity contribution < 1.29 is 14.4 Å². The van der Waals surface area contributed by atoms with Gasteiger partial charge in [0.05, 0.1) is 18.0 Å². The molecule has 2 heterocycles. The maximum absolute atomic E-state index is 13.0. The van der Waals surface area contributed by atoms with Crippen LogP contribution in [0.4, 0.5) is 0 Å². The number of nitriles is 1. The third-order valence-corrected chi connectivity index (χ3v) is 7.96. The number of hydrogen-bond donors (Lipinski definition) is 4. The molecule has 1 aliphatic heterocycles. The summed E-state index contributed by atoms with van der Waals surface area (Å²) in [6.45, 7) is 0.517. The summed E-state index contributed by atoms with van der Waals surface area (Å²) in [7, 11) is 3.15. The lowest BCUT2D eigenvalue weighted by molar-refractivity contribution is -0.131. The number of aromatic amines is 1. The summed E-state index contributed by atoms with van der Waals surface area (Å²) in [4.78, 5) is 39.1. The van der Waals surface area contributed by atoms with Gasteiger partial charge in [0, 0.05) is 31.3 Å². The summed E-state index contributed by atoms with van der Waals surface area (Å²) in [5.41, 5.74) is 1.71. The number of tetrazole rings is 1. The highest BCUT2D eigenvalue weighted by molar-refractivity contribution is 5.94. The standard InChI is InChI=1S/C28H31N9O3/c1-30-25(39)17-3-7-20(8-4-17)28(27-33-35-36-34-27,21-9-5-18(6-10-21)26(40)31-2)11-12-32-16-24(38)37-22(15-29)13-19-14-23(19)37/h3-10,19,22-23,32H,11-14,16H2,1-2H3,(H,30,39)(H,31,40)(H,33,34,35,36)/t19-,22+,23+/m1/s1. The number of nitrogens with one attached hydrogen (secondary N) is 4. The number of hydrogen-bond acceptors (Lipinski definition) is 8. The molecule has 1 aromatic heterocycles. The molecular weight excluding hydrogens is 510 g/mol. The van der Waals surface area contributed by atoms with E-state index >= 15 is 0 Å². The van der Waals surface area contributed by atoms with Gasteiger partial charge in [0.15, 0.2) is 5.82 Å². The van der Waals surface area contributed by atoms with E-state index in [1.54, 1.807) is 43.3 Å². The van der Waals surface area contributed by atoms with Crippen LogP contribution in [-0.2, 0) is 10.2 Å². The molecule has 1 saturated heterocycles. The summed E-state index contributed by atoms with van der Waals surface area (Å²) in [5.74, 6) is 0.372. The zero-order chi connectivity index (χ0) is 28.3. The Labute approximate surface area is 231 Å². The number of benzene rings is 2. The predicted molar refractivity (Wildman–Crippen MR) is 144 cm³/mol. The van der Waals surface area contributed by atoms with Crippen molar-refractivity contribution in [3.63, 3.8) is 0 Å². The molecule has 2 fully saturated rings. The van der Waals surface area contributed by atoms with Gasteiger partial charge in [-0.15, -0.1) is 10.2 Å². The summed E-state index contributed by atoms with van der Waals surface area (Å²) in [5, 5.41) is 33.1. The molecule has 0 unspecified atom stereocenters. The van der Waals surface area contributed by atoms with Crippen LogP contribution >= 0.6 is 0 Å². The number of H-pyrrole nitrogens is 1. The highest BCUT2D eigenvalue weighted by Gasteiger charge is 2.53. The average Bonchev–Trinajstić information content (AvgIpc) is 3.36. The lowest BCUT2D eigenvalue weighted by Gasteiger charge is -2.33. The van der Waals surface area contributed by atoms with Crippen molar-refractivity contribution in [1.29, 1.82) is 5.26 Å². The molecule has 12 nitrogen and oxygen atoms in total. The number of carbonyl (C=O) groups excluding carboxylic acids is 3. The molecule has 0 bridgehead atoms. The van der Waals surface area contributed by atoms with Gasteiger partial charge in [0.2, 0.25) is 5.91 Å². The first kappa shape index (κ1) is 27.0. The van der Waals surface area contributed by atoms with E-state index in [2.05, 4.69) is 42.6 Å². The lowest BCUT2D eigenvalue weighted by atomic mass is 9.71. The fourth-order valence-electron chi connectivity index (χ4n) is 5.76. The molecule has 3 aromatic rings. The van der Waals surface area contributed by atoms with Gasteiger partial charge >= 0.3 is 0 Å². The van der Waals surface area contributed by atoms with Crippen molar-refractivity contribution in [3.05, 3.63) is 76.6 Å². The lowest BCUT2D eigenvalue weighted by Crippen LogP contribution is -2.44. The number of rotatable bonds is 10. The average molecular weight is 542 g/mol. The van der Waals surface area contributed by atoms with E-state index < -0.39 is 5.41 Å². The second-order valence-corrected chi connectivity index (χ2v) is 10.1. The molecule has 1 aliphatic carbocycles. The highest BCUT2D eigenvalue weighted by atomic mass is 16.2. The number of carbonyl (C=O) groups is 3. The molecule has 12 heteroatoms. The minimum Gasteiger partial charge on any atom is -0.355 e. The number of likely N-dealkylation sites (tertiary alicyclic amines) is 1. The molecule has 206 valence electrons. The van der Waals surface area contributed by atoms with E-state index in [1.807, 2.05) is 24.3 Å². The van der Waals surface area contributed by atoms with Crippen LogP contribution in [0.1, 0.15) is 56.9 Å². The Bertz CT molecular complexity index is 1360. The van der Waals surface area contributed by atoms with Gasteiger partial charge < -0.3 is 20.9 Å². The van der Waals surface area contributed by atoms with Crippen LogP contribution in [-0.4, -0.2) is 82.5 Å². The quantitative estimate of drug-likeness (QED) is 0.273. The second kappa shape index (κ2) is 11.2. The molecule has 3 amide bonds. The monoisotopic (exact) mass is 541 g/mol. The van der Waals surface area contributed by atoms with E-state index in [0.717, 1.165) is 24.0 Å². The Balaban J connectivity index is 1.45. The van der Waals surface area contributed by atoms with Gasteiger partial charge in [-0.25, -0.2) is 0 Å². The van der Waals surface area contributed by atoms with Gasteiger partial charge in [-0.2, -0.15) is 10.5 Å². The van der Waals surface area contributed by atoms with Gasteiger partial charge in [0.25, 0.3) is 11.8 Å². The first-order chi connectivity index (χ1) is 19.4. The predicted octanol–water partition coefficient (Wildman–Crippen LogP) is 0.746. The van der Waals surface area contributed by atoms with Gasteiger partial charge in [-0.1, -0.05) is 29.5 Å². The minimum absolute atomic E-state index is 0.0772. The first-order valence-electron chi connectivity index (χ1n) is 13.2. The maximum atomic E-state index is 13.0. The van der Waals surface area contributed by atoms with Crippen molar-refractivity contribution in [2.24, 2.45) is 5.92 Å². The summed E-state index contributed by atoms with van der Waals surface area (Å²) >= 11 is 0. The molecular formula is C28H31N9O3. The number of fused-ring (bicyclic) bond motifs is 1. The topological polar surface area (TPSA) is 169 Å². The van der Waals surface area contributed by atoms with Gasteiger partial charge in [-0.3, -0.25) is 14.4 Å². The first-order valence-corrected chi connectivity index (χ1v) is 13.2. The molecule has 0 spiro atoms. The Morgan fingerprint density at radius 1 is 1.00 bits per heavy atom. The van der Waals surface area contributed by atoms with Crippen LogP contribution < -0.4 is 16.0 Å². The number of amides is 3. The third-order valence-electron chi connectivity index (χ3n) is 7.96. The fourth-order valence-corrected chi connectivity index (χ4v) is 5.76. The van der Waals surface area contributed by atoms with Crippen molar-refractivity contribution >= 4 is 17.7 Å². The van der Waals surface area contributed by atoms with Crippen LogP contribution in [0.15, 0.2) is 48.5 Å². The SMILES string of the molecule is CNC(=O)c1ccc(C(CCNCC(=O)N2[C@H](C#N)C[C@@H]3C[C@@H]32)(c2ccc(C(=O)NC)cc2)c2nn[nH]n2)cc1. The van der Waals surface area contributed by atoms with Crippen LogP contribution in [0.25, 0.3) is 0 Å². The highest BCUT2D eigenvalue weighted by Crippen LogP contribution is 2.47. The van der Waals surface area contributed by atoms with E-state index in [0.29, 0.717) is 35.8 Å². The van der Waals surface area contributed by atoms with Crippen molar-refractivity contribution in [1.82, 2.24) is 41.5 Å². The normalized spacial score (nSPS) is 19.4. The van der Waals surface area contributed by atoms with Gasteiger partial charge in [-0.05, 0) is 67.1 Å². The van der Waals surface area contributed by atoms with E-state index in [4.69, 9.17) is 0 Å². The van der Waals surface area contributed by atoms with Crippen LogP contribution in [0, 0.1) is 17.2 Å². The van der Waals surface area contributed by atoms with Crippen molar-refractivity contribution in [3.8, 4) is 6.07 Å². The minimum atomic E-state index is -0.921. The number of aromatic nitrogens is 4. The molecule has 3 atom stereocenters. The van der Waals surface area contributed by atoms with E-state index in [1.165, 1.54) is 0 Å². The molecule has 4 N–H and O–H groups in total. The second-order valence-electron chi connectivity index (χ2n) is 10.1. The molecule has 2 aliphatic rings. The van der Waals surface area contributed by atoms with Crippen molar-refractivity contribution in [2.75, 3.05) is 27.2 Å². The fraction of sp³-hybridized carbons (Fsp3) is 0.393. The zero-order valence-corrected chi connectivity index (χ0v) is 22.3. The van der Waals surface area contributed by atoms with E-state index in [-0.39, 0.29) is 36.3 Å².